The second kappa shape index (κ2) is 8.26. The molecule has 1 N–H and O–H groups in total. The van der Waals surface area contributed by atoms with Gasteiger partial charge in [0.25, 0.3) is 0 Å². The van der Waals surface area contributed by atoms with Gasteiger partial charge in [0.05, 0.1) is 0 Å². The highest BCUT2D eigenvalue weighted by molar-refractivity contribution is 5.19. The van der Waals surface area contributed by atoms with Gasteiger partial charge in [0.15, 0.2) is 0 Å². The molecule has 0 saturated carbocycles. The molecule has 0 bridgehead atoms. The SMILES string of the molecule is CCCNC(Cc1cc(F)ccc1F)CC(C)CC. The highest BCUT2D eigenvalue weighted by atomic mass is 19.1. The average Bonchev–Trinajstić information content (AvgIpc) is 2.39. The van der Waals surface area contributed by atoms with E-state index in [1.165, 1.54) is 18.2 Å². The van der Waals surface area contributed by atoms with Crippen molar-refractivity contribution in [3.8, 4) is 0 Å². The Hall–Kier alpha value is -0.960. The van der Waals surface area contributed by atoms with Crippen molar-refractivity contribution in [2.45, 2.75) is 52.5 Å². The lowest BCUT2D eigenvalue weighted by molar-refractivity contribution is 0.387. The van der Waals surface area contributed by atoms with E-state index in [1.54, 1.807) is 0 Å². The van der Waals surface area contributed by atoms with E-state index >= 15 is 0 Å². The summed E-state index contributed by atoms with van der Waals surface area (Å²) >= 11 is 0. The van der Waals surface area contributed by atoms with Crippen LogP contribution in [-0.4, -0.2) is 12.6 Å². The molecule has 2 atom stereocenters. The van der Waals surface area contributed by atoms with Gasteiger partial charge < -0.3 is 5.32 Å². The Morgan fingerprint density at radius 2 is 1.95 bits per heavy atom. The maximum Gasteiger partial charge on any atom is 0.126 e. The fourth-order valence-corrected chi connectivity index (χ4v) is 2.20. The molecule has 19 heavy (non-hydrogen) atoms. The second-order valence-electron chi connectivity index (χ2n) is 5.34. The summed E-state index contributed by atoms with van der Waals surface area (Å²) in [5.74, 6) is -0.0889. The summed E-state index contributed by atoms with van der Waals surface area (Å²) in [4.78, 5) is 0. The number of hydrogen-bond acceptors (Lipinski definition) is 1. The van der Waals surface area contributed by atoms with Crippen LogP contribution in [0, 0.1) is 17.6 Å². The third-order valence-electron chi connectivity index (χ3n) is 3.54. The highest BCUT2D eigenvalue weighted by Gasteiger charge is 2.15. The van der Waals surface area contributed by atoms with Gasteiger partial charge >= 0.3 is 0 Å². The molecular weight excluding hydrogens is 244 g/mol. The number of rotatable bonds is 8. The first-order chi connectivity index (χ1) is 9.06. The molecule has 3 heteroatoms. The fourth-order valence-electron chi connectivity index (χ4n) is 2.20. The van der Waals surface area contributed by atoms with Crippen LogP contribution in [0.2, 0.25) is 0 Å². The molecule has 2 unspecified atom stereocenters. The van der Waals surface area contributed by atoms with Crippen LogP contribution in [-0.2, 0) is 6.42 Å². The summed E-state index contributed by atoms with van der Waals surface area (Å²) in [6.07, 6.45) is 3.69. The van der Waals surface area contributed by atoms with Crippen molar-refractivity contribution < 1.29 is 8.78 Å². The van der Waals surface area contributed by atoms with Gasteiger partial charge in [0.2, 0.25) is 0 Å². The van der Waals surface area contributed by atoms with Crippen LogP contribution in [0.4, 0.5) is 8.78 Å². The molecule has 0 aliphatic carbocycles. The van der Waals surface area contributed by atoms with E-state index in [2.05, 4.69) is 26.1 Å². The van der Waals surface area contributed by atoms with E-state index in [-0.39, 0.29) is 17.7 Å². The standard InChI is InChI=1S/C16H25F2N/c1-4-8-19-15(9-12(3)5-2)11-13-10-14(17)6-7-16(13)18/h6-7,10,12,15,19H,4-5,8-9,11H2,1-3H3. The Morgan fingerprint density at radius 3 is 2.58 bits per heavy atom. The van der Waals surface area contributed by atoms with Gasteiger partial charge in [-0.25, -0.2) is 8.78 Å². The van der Waals surface area contributed by atoms with Crippen molar-refractivity contribution in [1.82, 2.24) is 5.32 Å². The smallest absolute Gasteiger partial charge is 0.126 e. The van der Waals surface area contributed by atoms with Crippen LogP contribution in [0.1, 0.15) is 45.6 Å². The lowest BCUT2D eigenvalue weighted by Gasteiger charge is -2.22. The first-order valence-electron chi connectivity index (χ1n) is 7.24. The number of benzene rings is 1. The maximum atomic E-state index is 13.7. The quantitative estimate of drug-likeness (QED) is 0.741. The molecule has 0 radical (unpaired) electrons. The van der Waals surface area contributed by atoms with Gasteiger partial charge in [-0.05, 0) is 55.5 Å². The van der Waals surface area contributed by atoms with E-state index in [1.807, 2.05) is 0 Å². The Balaban J connectivity index is 2.71. The third kappa shape index (κ3) is 5.68. The minimum absolute atomic E-state index is 0.214. The van der Waals surface area contributed by atoms with E-state index in [0.29, 0.717) is 17.9 Å². The van der Waals surface area contributed by atoms with Gasteiger partial charge in [-0.15, -0.1) is 0 Å². The maximum absolute atomic E-state index is 13.7. The Kier molecular flexibility index (Phi) is 7.00. The van der Waals surface area contributed by atoms with Gasteiger partial charge in [-0.2, -0.15) is 0 Å². The first kappa shape index (κ1) is 16.1. The van der Waals surface area contributed by atoms with Crippen molar-refractivity contribution in [1.29, 1.82) is 0 Å². The van der Waals surface area contributed by atoms with Crippen LogP contribution in [0.25, 0.3) is 0 Å². The lowest BCUT2D eigenvalue weighted by atomic mass is 9.94. The molecule has 0 fully saturated rings. The van der Waals surface area contributed by atoms with Crippen molar-refractivity contribution in [2.75, 3.05) is 6.54 Å². The average molecular weight is 269 g/mol. The van der Waals surface area contributed by atoms with Crippen LogP contribution in [0.3, 0.4) is 0 Å². The molecular formula is C16H25F2N. The predicted octanol–water partition coefficient (Wildman–Crippen LogP) is 4.31. The second-order valence-corrected chi connectivity index (χ2v) is 5.34. The molecule has 0 aliphatic heterocycles. The number of hydrogen-bond donors (Lipinski definition) is 1. The van der Waals surface area contributed by atoms with Crippen LogP contribution >= 0.6 is 0 Å². The molecule has 0 saturated heterocycles. The molecule has 0 heterocycles. The third-order valence-corrected chi connectivity index (χ3v) is 3.54. The van der Waals surface area contributed by atoms with E-state index in [4.69, 9.17) is 0 Å². The number of halogens is 2. The molecule has 1 aromatic carbocycles. The largest absolute Gasteiger partial charge is 0.314 e. The molecule has 1 aromatic rings. The number of nitrogens with one attached hydrogen (secondary N) is 1. The molecule has 1 rings (SSSR count). The van der Waals surface area contributed by atoms with Gasteiger partial charge in [-0.1, -0.05) is 27.2 Å². The van der Waals surface area contributed by atoms with Crippen LogP contribution in [0.15, 0.2) is 18.2 Å². The zero-order chi connectivity index (χ0) is 14.3. The molecule has 0 amide bonds. The Bertz CT molecular complexity index is 379. The van der Waals surface area contributed by atoms with Crippen LogP contribution in [0.5, 0.6) is 0 Å². The summed E-state index contributed by atoms with van der Waals surface area (Å²) in [7, 11) is 0. The van der Waals surface area contributed by atoms with E-state index in [0.717, 1.165) is 25.8 Å². The predicted molar refractivity (Wildman–Crippen MR) is 76.2 cm³/mol. The van der Waals surface area contributed by atoms with E-state index < -0.39 is 0 Å². The highest BCUT2D eigenvalue weighted by Crippen LogP contribution is 2.17. The minimum Gasteiger partial charge on any atom is -0.314 e. The molecule has 108 valence electrons. The zero-order valence-electron chi connectivity index (χ0n) is 12.2. The van der Waals surface area contributed by atoms with Crippen LogP contribution < -0.4 is 5.32 Å². The molecule has 0 spiro atoms. The Morgan fingerprint density at radius 1 is 1.21 bits per heavy atom. The fraction of sp³-hybridized carbons (Fsp3) is 0.625. The molecule has 0 aliphatic rings. The van der Waals surface area contributed by atoms with Gasteiger partial charge in [-0.3, -0.25) is 0 Å². The molecule has 0 aromatic heterocycles. The zero-order valence-corrected chi connectivity index (χ0v) is 12.2. The summed E-state index contributed by atoms with van der Waals surface area (Å²) in [5.41, 5.74) is 0.469. The lowest BCUT2D eigenvalue weighted by Crippen LogP contribution is -2.33. The topological polar surface area (TPSA) is 12.0 Å². The van der Waals surface area contributed by atoms with Crippen molar-refractivity contribution in [3.63, 3.8) is 0 Å². The summed E-state index contributed by atoms with van der Waals surface area (Å²) in [6, 6.07) is 3.91. The van der Waals surface area contributed by atoms with Crippen molar-refractivity contribution in [2.24, 2.45) is 5.92 Å². The van der Waals surface area contributed by atoms with Gasteiger partial charge in [0.1, 0.15) is 11.6 Å². The first-order valence-corrected chi connectivity index (χ1v) is 7.24. The Labute approximate surface area is 115 Å². The summed E-state index contributed by atoms with van der Waals surface area (Å²) < 4.78 is 26.9. The van der Waals surface area contributed by atoms with Gasteiger partial charge in [0, 0.05) is 6.04 Å². The monoisotopic (exact) mass is 269 g/mol. The minimum atomic E-state index is -0.366. The normalized spacial score (nSPS) is 14.4. The van der Waals surface area contributed by atoms with Crippen molar-refractivity contribution in [3.05, 3.63) is 35.4 Å². The summed E-state index contributed by atoms with van der Waals surface area (Å²) in [5, 5.41) is 3.44. The molecule has 1 nitrogen and oxygen atoms in total. The van der Waals surface area contributed by atoms with E-state index in [9.17, 15) is 8.78 Å². The summed E-state index contributed by atoms with van der Waals surface area (Å²) in [6.45, 7) is 7.38. The van der Waals surface area contributed by atoms with Crippen molar-refractivity contribution >= 4 is 0 Å².